The van der Waals surface area contributed by atoms with Gasteiger partial charge in [0.05, 0.1) is 6.10 Å². The molecule has 0 spiro atoms. The monoisotopic (exact) mass is 161 g/mol. The number of aliphatic hydroxyl groups is 1. The molecule has 1 radical (unpaired) electrons. The van der Waals surface area contributed by atoms with E-state index < -0.39 is 12.8 Å². The van der Waals surface area contributed by atoms with Crippen molar-refractivity contribution in [3.8, 4) is 0 Å². The van der Waals surface area contributed by atoms with Gasteiger partial charge in [0.25, 0.3) is 0 Å². The van der Waals surface area contributed by atoms with Crippen LogP contribution in [-0.2, 0) is 0 Å². The normalized spacial score (nSPS) is 23.5. The SMILES string of the molecule is OC(CF)CN1CC[N]CC1. The van der Waals surface area contributed by atoms with E-state index in [1.807, 2.05) is 4.90 Å². The zero-order valence-corrected chi connectivity index (χ0v) is 6.54. The van der Waals surface area contributed by atoms with Gasteiger partial charge in [0.15, 0.2) is 0 Å². The Kier molecular flexibility index (Phi) is 3.76. The fourth-order valence-electron chi connectivity index (χ4n) is 1.18. The molecular formula is C7H14FN2O. The molecule has 0 amide bonds. The molecule has 4 heteroatoms. The zero-order chi connectivity index (χ0) is 8.10. The first-order valence-corrected chi connectivity index (χ1v) is 3.92. The van der Waals surface area contributed by atoms with Crippen LogP contribution >= 0.6 is 0 Å². The standard InChI is InChI=1S/C7H14FN2O/c8-5-7(11)6-10-3-1-9-2-4-10/h7,11H,1-6H2. The van der Waals surface area contributed by atoms with Crippen LogP contribution in [0, 0.1) is 0 Å². The van der Waals surface area contributed by atoms with E-state index in [-0.39, 0.29) is 0 Å². The van der Waals surface area contributed by atoms with Crippen LogP contribution in [-0.4, -0.2) is 55.5 Å². The molecular weight excluding hydrogens is 147 g/mol. The summed E-state index contributed by atoms with van der Waals surface area (Å²) in [5.41, 5.74) is 0. The summed E-state index contributed by atoms with van der Waals surface area (Å²) in [6, 6.07) is 0. The lowest BCUT2D eigenvalue weighted by Gasteiger charge is -2.27. The fraction of sp³-hybridized carbons (Fsp3) is 1.00. The van der Waals surface area contributed by atoms with Crippen LogP contribution in [0.25, 0.3) is 0 Å². The molecule has 0 bridgehead atoms. The average molecular weight is 161 g/mol. The number of β-amino-alcohol motifs (C(OH)–C–C–N with tert-alkyl or cyclic N) is 1. The molecule has 1 aliphatic rings. The van der Waals surface area contributed by atoms with Crippen LogP contribution in [0.1, 0.15) is 0 Å². The molecule has 0 aromatic carbocycles. The first-order valence-electron chi connectivity index (χ1n) is 3.92. The van der Waals surface area contributed by atoms with E-state index in [0.717, 1.165) is 26.2 Å². The van der Waals surface area contributed by atoms with Crippen molar-refractivity contribution in [3.05, 3.63) is 0 Å². The summed E-state index contributed by atoms with van der Waals surface area (Å²) in [6.45, 7) is 3.16. The van der Waals surface area contributed by atoms with Crippen LogP contribution in [0.4, 0.5) is 4.39 Å². The lowest BCUT2D eigenvalue weighted by molar-refractivity contribution is 0.0838. The molecule has 1 fully saturated rings. The van der Waals surface area contributed by atoms with Crippen molar-refractivity contribution in [2.24, 2.45) is 0 Å². The van der Waals surface area contributed by atoms with Gasteiger partial charge in [-0.15, -0.1) is 0 Å². The maximum Gasteiger partial charge on any atom is 0.117 e. The second kappa shape index (κ2) is 4.64. The van der Waals surface area contributed by atoms with Gasteiger partial charge in [0, 0.05) is 32.7 Å². The van der Waals surface area contributed by atoms with Gasteiger partial charge in [-0.25, -0.2) is 9.71 Å². The number of alkyl halides is 1. The molecule has 1 atom stereocenters. The van der Waals surface area contributed by atoms with Gasteiger partial charge in [0.2, 0.25) is 0 Å². The Balaban J connectivity index is 2.13. The summed E-state index contributed by atoms with van der Waals surface area (Å²) in [5, 5.41) is 13.1. The minimum absolute atomic E-state index is 0.450. The Morgan fingerprint density at radius 3 is 2.64 bits per heavy atom. The summed E-state index contributed by atoms with van der Waals surface area (Å²) in [5.74, 6) is 0. The minimum atomic E-state index is -0.812. The van der Waals surface area contributed by atoms with Crippen molar-refractivity contribution >= 4 is 0 Å². The second-order valence-corrected chi connectivity index (χ2v) is 2.78. The predicted octanol–water partition coefficient (Wildman–Crippen LogP) is -0.763. The molecule has 1 N–H and O–H groups in total. The summed E-state index contributed by atoms with van der Waals surface area (Å²) in [6.07, 6.45) is -0.812. The van der Waals surface area contributed by atoms with Crippen LogP contribution < -0.4 is 5.32 Å². The molecule has 65 valence electrons. The summed E-state index contributed by atoms with van der Waals surface area (Å²) in [4.78, 5) is 2.04. The van der Waals surface area contributed by atoms with Gasteiger partial charge in [0.1, 0.15) is 6.67 Å². The van der Waals surface area contributed by atoms with Crippen molar-refractivity contribution in [1.29, 1.82) is 0 Å². The highest BCUT2D eigenvalue weighted by molar-refractivity contribution is 4.70. The smallest absolute Gasteiger partial charge is 0.117 e. The molecule has 1 heterocycles. The maximum atomic E-state index is 11.8. The average Bonchev–Trinajstić information content (AvgIpc) is 2.06. The number of aliphatic hydroxyl groups excluding tert-OH is 1. The van der Waals surface area contributed by atoms with Crippen molar-refractivity contribution in [2.75, 3.05) is 39.4 Å². The second-order valence-electron chi connectivity index (χ2n) is 2.78. The third kappa shape index (κ3) is 3.14. The largest absolute Gasteiger partial charge is 0.389 e. The number of hydrogen-bond acceptors (Lipinski definition) is 2. The van der Waals surface area contributed by atoms with Crippen LogP contribution in [0.15, 0.2) is 0 Å². The van der Waals surface area contributed by atoms with Gasteiger partial charge in [-0.2, -0.15) is 0 Å². The number of piperazine rings is 1. The quantitative estimate of drug-likeness (QED) is 0.590. The van der Waals surface area contributed by atoms with Crippen molar-refractivity contribution in [2.45, 2.75) is 6.10 Å². The summed E-state index contributed by atoms with van der Waals surface area (Å²) in [7, 11) is 0. The Labute approximate surface area is 66.2 Å². The van der Waals surface area contributed by atoms with E-state index in [1.165, 1.54) is 0 Å². The zero-order valence-electron chi connectivity index (χ0n) is 6.54. The molecule has 0 aromatic rings. The molecule has 1 aliphatic heterocycles. The Hall–Kier alpha value is -0.190. The number of halogens is 1. The van der Waals surface area contributed by atoms with E-state index in [1.54, 1.807) is 0 Å². The fourth-order valence-corrected chi connectivity index (χ4v) is 1.18. The predicted molar refractivity (Wildman–Crippen MR) is 40.3 cm³/mol. The van der Waals surface area contributed by atoms with Crippen LogP contribution in [0.3, 0.4) is 0 Å². The van der Waals surface area contributed by atoms with E-state index >= 15 is 0 Å². The van der Waals surface area contributed by atoms with Crippen molar-refractivity contribution < 1.29 is 9.50 Å². The molecule has 0 aromatic heterocycles. The summed E-state index contributed by atoms with van der Waals surface area (Å²) >= 11 is 0. The van der Waals surface area contributed by atoms with E-state index in [2.05, 4.69) is 5.32 Å². The molecule has 0 saturated carbocycles. The topological polar surface area (TPSA) is 37.6 Å². The van der Waals surface area contributed by atoms with Crippen molar-refractivity contribution in [1.82, 2.24) is 10.2 Å². The highest BCUT2D eigenvalue weighted by atomic mass is 19.1. The lowest BCUT2D eigenvalue weighted by atomic mass is 10.3. The molecule has 11 heavy (non-hydrogen) atoms. The maximum absolute atomic E-state index is 11.8. The van der Waals surface area contributed by atoms with E-state index in [4.69, 9.17) is 5.11 Å². The first kappa shape index (κ1) is 8.90. The highest BCUT2D eigenvalue weighted by Gasteiger charge is 2.13. The highest BCUT2D eigenvalue weighted by Crippen LogP contribution is 1.96. The Morgan fingerprint density at radius 1 is 1.45 bits per heavy atom. The van der Waals surface area contributed by atoms with Gasteiger partial charge in [-0.1, -0.05) is 0 Å². The molecule has 1 rings (SSSR count). The number of nitrogens with zero attached hydrogens (tertiary/aromatic N) is 2. The molecule has 1 saturated heterocycles. The Bertz CT molecular complexity index is 107. The molecule has 1 unspecified atom stereocenters. The third-order valence-electron chi connectivity index (χ3n) is 1.80. The Morgan fingerprint density at radius 2 is 2.09 bits per heavy atom. The molecule has 0 aliphatic carbocycles. The van der Waals surface area contributed by atoms with E-state index in [9.17, 15) is 4.39 Å². The van der Waals surface area contributed by atoms with Gasteiger partial charge in [-0.05, 0) is 0 Å². The van der Waals surface area contributed by atoms with E-state index in [0.29, 0.717) is 6.54 Å². The third-order valence-corrected chi connectivity index (χ3v) is 1.80. The summed E-state index contributed by atoms with van der Waals surface area (Å²) < 4.78 is 11.8. The number of rotatable bonds is 3. The van der Waals surface area contributed by atoms with Gasteiger partial charge < -0.3 is 5.11 Å². The van der Waals surface area contributed by atoms with Gasteiger partial charge in [-0.3, -0.25) is 4.90 Å². The first-order chi connectivity index (χ1) is 5.33. The van der Waals surface area contributed by atoms with Crippen LogP contribution in [0.5, 0.6) is 0 Å². The minimum Gasteiger partial charge on any atom is -0.389 e. The van der Waals surface area contributed by atoms with Crippen molar-refractivity contribution in [3.63, 3.8) is 0 Å². The van der Waals surface area contributed by atoms with Gasteiger partial charge >= 0.3 is 0 Å². The lowest BCUT2D eigenvalue weighted by Crippen LogP contribution is -2.44. The number of hydrogen-bond donors (Lipinski definition) is 1. The van der Waals surface area contributed by atoms with Crippen LogP contribution in [0.2, 0.25) is 0 Å². The molecule has 3 nitrogen and oxygen atoms in total.